The van der Waals surface area contributed by atoms with E-state index in [0.717, 1.165) is 30.4 Å². The second-order valence-corrected chi connectivity index (χ2v) is 6.25. The Labute approximate surface area is 109 Å². The van der Waals surface area contributed by atoms with Crippen molar-refractivity contribution in [1.29, 1.82) is 0 Å². The van der Waals surface area contributed by atoms with Crippen molar-refractivity contribution in [2.75, 3.05) is 6.61 Å². The molecule has 4 heteroatoms. The van der Waals surface area contributed by atoms with Gasteiger partial charge in [0.2, 0.25) is 0 Å². The highest BCUT2D eigenvalue weighted by atomic mass is 32.2. The Morgan fingerprint density at radius 3 is 2.50 bits per heavy atom. The first-order chi connectivity index (χ1) is 8.58. The molecule has 0 saturated carbocycles. The molecule has 0 amide bonds. The maximum absolute atomic E-state index is 11.9. The average molecular weight is 266 g/mol. The minimum atomic E-state index is -3.62. The largest absolute Gasteiger partial charge is 0.297 e. The van der Waals surface area contributed by atoms with Crippen LogP contribution >= 0.6 is 0 Å². The Morgan fingerprint density at radius 2 is 1.89 bits per heavy atom. The molecule has 98 valence electrons. The van der Waals surface area contributed by atoms with Crippen molar-refractivity contribution in [3.63, 3.8) is 0 Å². The molecule has 0 unspecified atom stereocenters. The highest BCUT2D eigenvalue weighted by molar-refractivity contribution is 7.86. The fraction of sp³-hybridized carbons (Fsp3) is 0.429. The van der Waals surface area contributed by atoms with Gasteiger partial charge >= 0.3 is 0 Å². The lowest BCUT2D eigenvalue weighted by Gasteiger charge is -2.12. The van der Waals surface area contributed by atoms with Gasteiger partial charge in [0.15, 0.2) is 0 Å². The summed E-state index contributed by atoms with van der Waals surface area (Å²) in [7, 11) is -3.62. The van der Waals surface area contributed by atoms with Gasteiger partial charge < -0.3 is 0 Å². The second-order valence-electron chi connectivity index (χ2n) is 4.64. The maximum Gasteiger partial charge on any atom is 0.297 e. The van der Waals surface area contributed by atoms with Gasteiger partial charge in [-0.1, -0.05) is 23.8 Å². The van der Waals surface area contributed by atoms with Crippen LogP contribution in [-0.4, -0.2) is 15.0 Å². The minimum absolute atomic E-state index is 0.191. The number of aryl methyl sites for hydroxylation is 1. The first-order valence-corrected chi connectivity index (χ1v) is 7.63. The summed E-state index contributed by atoms with van der Waals surface area (Å²) in [4.78, 5) is 0.226. The first kappa shape index (κ1) is 13.3. The van der Waals surface area contributed by atoms with Crippen LogP contribution in [0.15, 0.2) is 40.8 Å². The van der Waals surface area contributed by atoms with Crippen molar-refractivity contribution in [2.24, 2.45) is 0 Å². The third kappa shape index (κ3) is 3.43. The van der Waals surface area contributed by atoms with E-state index >= 15 is 0 Å². The number of rotatable bonds is 4. The van der Waals surface area contributed by atoms with Gasteiger partial charge in [-0.2, -0.15) is 8.42 Å². The molecule has 0 radical (unpaired) electrons. The molecule has 0 aromatic heterocycles. The SMILES string of the molecule is Cc1ccc(S(=O)(=O)OCC2=CCCCC2)cc1. The van der Waals surface area contributed by atoms with Gasteiger partial charge in [-0.3, -0.25) is 4.18 Å². The van der Waals surface area contributed by atoms with Crippen LogP contribution in [0.25, 0.3) is 0 Å². The molecule has 0 aliphatic heterocycles. The number of benzene rings is 1. The molecule has 1 aromatic carbocycles. The van der Waals surface area contributed by atoms with Crippen molar-refractivity contribution in [2.45, 2.75) is 37.5 Å². The smallest absolute Gasteiger partial charge is 0.262 e. The normalized spacial score (nSPS) is 16.4. The zero-order chi connectivity index (χ0) is 13.0. The number of allylic oxidation sites excluding steroid dienone is 1. The summed E-state index contributed by atoms with van der Waals surface area (Å²) in [6, 6.07) is 6.71. The molecule has 0 saturated heterocycles. The Balaban J connectivity index is 2.03. The van der Waals surface area contributed by atoms with Crippen LogP contribution < -0.4 is 0 Å². The third-order valence-corrected chi connectivity index (χ3v) is 4.37. The summed E-state index contributed by atoms with van der Waals surface area (Å²) in [5.41, 5.74) is 2.13. The summed E-state index contributed by atoms with van der Waals surface area (Å²) in [5, 5.41) is 0. The summed E-state index contributed by atoms with van der Waals surface area (Å²) >= 11 is 0. The van der Waals surface area contributed by atoms with Crippen LogP contribution in [0, 0.1) is 6.92 Å². The van der Waals surface area contributed by atoms with Crippen LogP contribution in [0.3, 0.4) is 0 Å². The summed E-state index contributed by atoms with van der Waals surface area (Å²) in [6.45, 7) is 2.11. The van der Waals surface area contributed by atoms with Gasteiger partial charge in [0, 0.05) is 0 Å². The van der Waals surface area contributed by atoms with Gasteiger partial charge in [-0.05, 0) is 50.3 Å². The summed E-state index contributed by atoms with van der Waals surface area (Å²) in [6.07, 6.45) is 6.38. The standard InChI is InChI=1S/C14H18O3S/c1-12-7-9-14(10-8-12)18(15,16)17-11-13-5-3-2-4-6-13/h5,7-10H,2-4,6,11H2,1H3. The van der Waals surface area contributed by atoms with E-state index in [2.05, 4.69) is 6.08 Å². The molecule has 3 nitrogen and oxygen atoms in total. The minimum Gasteiger partial charge on any atom is -0.262 e. The van der Waals surface area contributed by atoms with Crippen molar-refractivity contribution < 1.29 is 12.6 Å². The van der Waals surface area contributed by atoms with E-state index in [-0.39, 0.29) is 11.5 Å². The molecule has 0 fully saturated rings. The van der Waals surface area contributed by atoms with Crippen LogP contribution in [0.1, 0.15) is 31.2 Å². The quantitative estimate of drug-likeness (QED) is 0.621. The topological polar surface area (TPSA) is 43.4 Å². The molecule has 0 heterocycles. The zero-order valence-corrected chi connectivity index (χ0v) is 11.4. The van der Waals surface area contributed by atoms with E-state index in [9.17, 15) is 8.42 Å². The van der Waals surface area contributed by atoms with E-state index < -0.39 is 10.1 Å². The molecule has 1 aromatic rings. The highest BCUT2D eigenvalue weighted by Gasteiger charge is 2.16. The van der Waals surface area contributed by atoms with Crippen LogP contribution in [0.5, 0.6) is 0 Å². The van der Waals surface area contributed by atoms with Crippen LogP contribution in [0.2, 0.25) is 0 Å². The molecule has 0 atom stereocenters. The maximum atomic E-state index is 11.9. The Kier molecular flexibility index (Phi) is 4.19. The molecule has 0 spiro atoms. The predicted octanol–water partition coefficient (Wildman–Crippen LogP) is 3.20. The van der Waals surface area contributed by atoms with Gasteiger partial charge in [0.1, 0.15) is 0 Å². The number of hydrogen-bond acceptors (Lipinski definition) is 3. The van der Waals surface area contributed by atoms with Gasteiger partial charge in [0.25, 0.3) is 10.1 Å². The van der Waals surface area contributed by atoms with E-state index in [4.69, 9.17) is 4.18 Å². The summed E-state index contributed by atoms with van der Waals surface area (Å²) in [5.74, 6) is 0. The monoisotopic (exact) mass is 266 g/mol. The Morgan fingerprint density at radius 1 is 1.17 bits per heavy atom. The molecule has 0 bridgehead atoms. The number of hydrogen-bond donors (Lipinski definition) is 0. The second kappa shape index (κ2) is 5.67. The lowest BCUT2D eigenvalue weighted by Crippen LogP contribution is -2.10. The fourth-order valence-corrected chi connectivity index (χ4v) is 2.87. The van der Waals surface area contributed by atoms with E-state index in [1.807, 2.05) is 6.92 Å². The lowest BCUT2D eigenvalue weighted by atomic mass is 10.0. The Hall–Kier alpha value is -1.13. The van der Waals surface area contributed by atoms with E-state index in [1.165, 1.54) is 6.42 Å². The van der Waals surface area contributed by atoms with Gasteiger partial charge in [0.05, 0.1) is 11.5 Å². The van der Waals surface area contributed by atoms with Crippen LogP contribution in [0.4, 0.5) is 0 Å². The molecule has 1 aliphatic carbocycles. The fourth-order valence-electron chi connectivity index (χ4n) is 1.96. The molecular formula is C14H18O3S. The van der Waals surface area contributed by atoms with E-state index in [1.54, 1.807) is 24.3 Å². The molecule has 2 rings (SSSR count). The summed E-state index contributed by atoms with van der Waals surface area (Å²) < 4.78 is 29.0. The average Bonchev–Trinajstić information content (AvgIpc) is 2.38. The van der Waals surface area contributed by atoms with Gasteiger partial charge in [-0.15, -0.1) is 0 Å². The van der Waals surface area contributed by atoms with Crippen LogP contribution in [-0.2, 0) is 14.3 Å². The van der Waals surface area contributed by atoms with Crippen molar-refractivity contribution in [3.8, 4) is 0 Å². The van der Waals surface area contributed by atoms with Crippen molar-refractivity contribution in [1.82, 2.24) is 0 Å². The van der Waals surface area contributed by atoms with Crippen molar-refractivity contribution >= 4 is 10.1 Å². The molecule has 0 N–H and O–H groups in total. The predicted molar refractivity (Wildman–Crippen MR) is 70.9 cm³/mol. The van der Waals surface area contributed by atoms with E-state index in [0.29, 0.717) is 0 Å². The lowest BCUT2D eigenvalue weighted by molar-refractivity contribution is 0.341. The van der Waals surface area contributed by atoms with Crippen molar-refractivity contribution in [3.05, 3.63) is 41.5 Å². The molecular weight excluding hydrogens is 248 g/mol. The molecule has 18 heavy (non-hydrogen) atoms. The molecule has 1 aliphatic rings. The third-order valence-electron chi connectivity index (χ3n) is 3.09. The van der Waals surface area contributed by atoms with Gasteiger partial charge in [-0.25, -0.2) is 0 Å². The Bertz CT molecular complexity index is 527. The first-order valence-electron chi connectivity index (χ1n) is 6.22. The highest BCUT2D eigenvalue weighted by Crippen LogP contribution is 2.20. The zero-order valence-electron chi connectivity index (χ0n) is 10.6.